The van der Waals surface area contributed by atoms with Crippen LogP contribution in [0.15, 0.2) is 90.5 Å². The summed E-state index contributed by atoms with van der Waals surface area (Å²) in [6, 6.07) is 22.1. The van der Waals surface area contributed by atoms with E-state index in [4.69, 9.17) is 14.2 Å². The largest absolute Gasteiger partial charge is 0.497 e. The van der Waals surface area contributed by atoms with Gasteiger partial charge in [-0.05, 0) is 70.8 Å². The lowest BCUT2D eigenvalue weighted by Gasteiger charge is -2.22. The van der Waals surface area contributed by atoms with E-state index < -0.39 is 17.8 Å². The number of carbonyl (C=O) groups is 3. The van der Waals surface area contributed by atoms with Crippen molar-refractivity contribution in [3.63, 3.8) is 0 Å². The highest BCUT2D eigenvalue weighted by Crippen LogP contribution is 2.59. The molecular formula is C32H27NO6. The zero-order chi connectivity index (χ0) is 27.3. The van der Waals surface area contributed by atoms with E-state index >= 15 is 0 Å². The maximum atomic E-state index is 13.8. The molecule has 39 heavy (non-hydrogen) atoms. The lowest BCUT2D eigenvalue weighted by atomic mass is 9.85. The molecule has 2 fully saturated rings. The lowest BCUT2D eigenvalue weighted by molar-refractivity contribution is -0.122. The van der Waals surface area contributed by atoms with Crippen molar-refractivity contribution in [3.8, 4) is 11.5 Å². The molecule has 1 heterocycles. The van der Waals surface area contributed by atoms with E-state index in [1.165, 1.54) is 12.0 Å². The molecule has 3 aliphatic rings. The molecule has 2 aliphatic carbocycles. The highest BCUT2D eigenvalue weighted by atomic mass is 16.5. The molecule has 1 saturated heterocycles. The number of allylic oxidation sites excluding steroid dienone is 3. The number of benzene rings is 3. The van der Waals surface area contributed by atoms with Crippen LogP contribution in [0, 0.1) is 23.7 Å². The molecule has 0 aromatic heterocycles. The van der Waals surface area contributed by atoms with Crippen LogP contribution in [-0.4, -0.2) is 39.1 Å². The maximum absolute atomic E-state index is 13.8. The molecular weight excluding hydrogens is 494 g/mol. The Morgan fingerprint density at radius 2 is 1.08 bits per heavy atom. The average Bonchev–Trinajstić information content (AvgIpc) is 3.62. The summed E-state index contributed by atoms with van der Waals surface area (Å²) < 4.78 is 15.5. The molecule has 3 aromatic carbocycles. The van der Waals surface area contributed by atoms with Crippen LogP contribution in [0.4, 0.5) is 5.69 Å². The molecule has 0 spiro atoms. The number of anilines is 1. The Morgan fingerprint density at radius 3 is 1.49 bits per heavy atom. The van der Waals surface area contributed by atoms with E-state index in [2.05, 4.69) is 12.2 Å². The van der Waals surface area contributed by atoms with Gasteiger partial charge in [0.05, 0.1) is 44.4 Å². The van der Waals surface area contributed by atoms with Crippen molar-refractivity contribution in [1.82, 2.24) is 0 Å². The third-order valence-electron chi connectivity index (χ3n) is 8.01. The van der Waals surface area contributed by atoms with Crippen molar-refractivity contribution in [2.45, 2.75) is 0 Å². The number of hydrogen-bond acceptors (Lipinski definition) is 6. The van der Waals surface area contributed by atoms with Crippen LogP contribution in [0.2, 0.25) is 0 Å². The average molecular weight is 522 g/mol. The Morgan fingerprint density at radius 1 is 0.641 bits per heavy atom. The summed E-state index contributed by atoms with van der Waals surface area (Å²) in [7, 11) is 4.57. The van der Waals surface area contributed by atoms with Gasteiger partial charge in [0.1, 0.15) is 11.5 Å². The molecule has 7 nitrogen and oxygen atoms in total. The van der Waals surface area contributed by atoms with Crippen molar-refractivity contribution in [2.75, 3.05) is 26.2 Å². The minimum Gasteiger partial charge on any atom is -0.497 e. The molecule has 6 rings (SSSR count). The molecule has 1 aliphatic heterocycles. The second kappa shape index (κ2) is 9.58. The highest BCUT2D eigenvalue weighted by Gasteiger charge is 2.62. The summed E-state index contributed by atoms with van der Waals surface area (Å²) in [5.41, 5.74) is 4.90. The SMILES string of the molecule is COC(=O)c1ccc(N2C(=O)C3C4C=CC(C4=C(c4ccc(OC)cc4)c4ccc(OC)cc4)C3C2=O)cc1. The van der Waals surface area contributed by atoms with Crippen molar-refractivity contribution in [3.05, 3.63) is 107 Å². The van der Waals surface area contributed by atoms with E-state index in [-0.39, 0.29) is 23.7 Å². The van der Waals surface area contributed by atoms with Crippen molar-refractivity contribution in [2.24, 2.45) is 23.7 Å². The van der Waals surface area contributed by atoms with Gasteiger partial charge in [-0.25, -0.2) is 9.69 Å². The summed E-state index contributed by atoms with van der Waals surface area (Å²) >= 11 is 0. The minimum atomic E-state index is -0.478. The summed E-state index contributed by atoms with van der Waals surface area (Å²) in [4.78, 5) is 40.7. The van der Waals surface area contributed by atoms with E-state index in [1.807, 2.05) is 48.5 Å². The number of amides is 2. The smallest absolute Gasteiger partial charge is 0.337 e. The number of carbonyl (C=O) groups excluding carboxylic acids is 3. The summed E-state index contributed by atoms with van der Waals surface area (Å²) in [6.07, 6.45) is 4.15. The molecule has 196 valence electrons. The number of hydrogen-bond donors (Lipinski definition) is 0. The van der Waals surface area contributed by atoms with Crippen LogP contribution in [0.3, 0.4) is 0 Å². The predicted octanol–water partition coefficient (Wildman–Crippen LogP) is 4.91. The Balaban J connectivity index is 1.42. The number of esters is 1. The van der Waals surface area contributed by atoms with Gasteiger partial charge in [0.25, 0.3) is 0 Å². The summed E-state index contributed by atoms with van der Waals surface area (Å²) in [5, 5.41) is 0. The molecule has 2 amide bonds. The number of rotatable bonds is 6. The number of fused-ring (bicyclic) bond motifs is 5. The zero-order valence-corrected chi connectivity index (χ0v) is 21.8. The second-order valence-electron chi connectivity index (χ2n) is 9.83. The summed E-state index contributed by atoms with van der Waals surface area (Å²) in [5.74, 6) is -0.751. The monoisotopic (exact) mass is 521 g/mol. The van der Waals surface area contributed by atoms with E-state index in [9.17, 15) is 14.4 Å². The fourth-order valence-electron chi connectivity index (χ4n) is 6.23. The van der Waals surface area contributed by atoms with Crippen LogP contribution < -0.4 is 14.4 Å². The fraction of sp³-hybridized carbons (Fsp3) is 0.219. The van der Waals surface area contributed by atoms with Gasteiger partial charge in [-0.15, -0.1) is 0 Å². The molecule has 1 saturated carbocycles. The first-order valence-corrected chi connectivity index (χ1v) is 12.7. The van der Waals surface area contributed by atoms with Gasteiger partial charge in [-0.3, -0.25) is 9.59 Å². The van der Waals surface area contributed by atoms with E-state index in [0.717, 1.165) is 33.8 Å². The molecule has 0 radical (unpaired) electrons. The Kier molecular flexibility index (Phi) is 6.06. The second-order valence-corrected chi connectivity index (χ2v) is 9.83. The molecule has 0 N–H and O–H groups in total. The van der Waals surface area contributed by atoms with Crippen LogP contribution in [0.5, 0.6) is 11.5 Å². The molecule has 3 aromatic rings. The van der Waals surface area contributed by atoms with Gasteiger partial charge >= 0.3 is 5.97 Å². The van der Waals surface area contributed by atoms with Crippen LogP contribution in [-0.2, 0) is 14.3 Å². The van der Waals surface area contributed by atoms with Gasteiger partial charge in [0, 0.05) is 11.8 Å². The first-order valence-electron chi connectivity index (χ1n) is 12.7. The van der Waals surface area contributed by atoms with Crippen molar-refractivity contribution in [1.29, 1.82) is 0 Å². The third kappa shape index (κ3) is 3.84. The van der Waals surface area contributed by atoms with E-state index in [0.29, 0.717) is 11.3 Å². The number of imide groups is 1. The first-order chi connectivity index (χ1) is 19.0. The van der Waals surface area contributed by atoms with Gasteiger partial charge in [0.15, 0.2) is 0 Å². The van der Waals surface area contributed by atoms with Crippen molar-refractivity contribution < 1.29 is 28.6 Å². The fourth-order valence-corrected chi connectivity index (χ4v) is 6.23. The van der Waals surface area contributed by atoms with Gasteiger partial charge in [0.2, 0.25) is 11.8 Å². The standard InChI is InChI=1S/C32H27NO6/c1-37-22-12-6-18(7-13-22)26(19-8-14-23(38-2)15-9-19)27-24-16-17-25(27)29-28(24)30(34)33(31(29)35)21-10-4-20(5-11-21)32(36)39-3/h4-17,24-25,28-29H,1-3H3. The third-order valence-corrected chi connectivity index (χ3v) is 8.01. The van der Waals surface area contributed by atoms with Gasteiger partial charge < -0.3 is 14.2 Å². The van der Waals surface area contributed by atoms with E-state index in [1.54, 1.807) is 38.5 Å². The predicted molar refractivity (Wildman–Crippen MR) is 145 cm³/mol. The number of methoxy groups -OCH3 is 3. The Bertz CT molecular complexity index is 1430. The molecule has 7 heteroatoms. The molecule has 2 bridgehead atoms. The molecule has 4 unspecified atom stereocenters. The Labute approximate surface area is 226 Å². The highest BCUT2D eigenvalue weighted by molar-refractivity contribution is 6.23. The van der Waals surface area contributed by atoms with Crippen molar-refractivity contribution >= 4 is 29.0 Å². The normalized spacial score (nSPS) is 22.7. The quantitative estimate of drug-likeness (QED) is 0.260. The first kappa shape index (κ1) is 24.7. The maximum Gasteiger partial charge on any atom is 0.337 e. The zero-order valence-electron chi connectivity index (χ0n) is 21.8. The Hall–Kier alpha value is -4.65. The lowest BCUT2D eigenvalue weighted by Crippen LogP contribution is -2.33. The number of nitrogens with zero attached hydrogens (tertiary/aromatic N) is 1. The molecule has 4 atom stereocenters. The van der Waals surface area contributed by atoms with Gasteiger partial charge in [-0.2, -0.15) is 0 Å². The van der Waals surface area contributed by atoms with Gasteiger partial charge in [-0.1, -0.05) is 36.4 Å². The van der Waals surface area contributed by atoms with Crippen LogP contribution >= 0.6 is 0 Å². The topological polar surface area (TPSA) is 82.1 Å². The minimum absolute atomic E-state index is 0.199. The van der Waals surface area contributed by atoms with Crippen LogP contribution in [0.25, 0.3) is 5.57 Å². The van der Waals surface area contributed by atoms with Crippen LogP contribution in [0.1, 0.15) is 21.5 Å². The summed E-state index contributed by atoms with van der Waals surface area (Å²) in [6.45, 7) is 0. The number of ether oxygens (including phenoxy) is 3.